The maximum absolute atomic E-state index is 13.8. The van der Waals surface area contributed by atoms with Crippen molar-refractivity contribution in [3.8, 4) is 11.5 Å². The molecule has 4 rings (SSSR count). The quantitative estimate of drug-likeness (QED) is 0.202. The molecule has 0 aliphatic heterocycles. The lowest BCUT2D eigenvalue weighted by atomic mass is 10.0. The van der Waals surface area contributed by atoms with Crippen molar-refractivity contribution in [2.45, 2.75) is 50.7 Å². The Labute approximate surface area is 248 Å². The lowest BCUT2D eigenvalue weighted by Gasteiger charge is -2.32. The second kappa shape index (κ2) is 14.2. The summed E-state index contributed by atoms with van der Waals surface area (Å²) in [5, 5.41) is 15.2. The Morgan fingerprint density at radius 1 is 1.07 bits per heavy atom. The number of hydrogen-bond acceptors (Lipinski definition) is 6. The highest BCUT2D eigenvalue weighted by Crippen LogP contribution is 2.31. The summed E-state index contributed by atoms with van der Waals surface area (Å²) in [4.78, 5) is 39.7. The Hall–Kier alpha value is -3.82. The van der Waals surface area contributed by atoms with Gasteiger partial charge in [-0.05, 0) is 42.2 Å². The summed E-state index contributed by atoms with van der Waals surface area (Å²) in [6, 6.07) is 17.7. The van der Waals surface area contributed by atoms with Crippen molar-refractivity contribution in [2.24, 2.45) is 0 Å². The third kappa shape index (κ3) is 8.11. The minimum Gasteiger partial charge on any atom is -0.490 e. The second-order valence-electron chi connectivity index (χ2n) is 9.83. The summed E-state index contributed by atoms with van der Waals surface area (Å²) >= 11 is 12.6. The SMILES string of the molecule is COc1cc(OCC(=O)N(Cc2ccc(Cl)cc2Cl)C(Cc2ccccc2)C(=O)NC2CCCC2)ccc1[N+](=O)[O-]. The molecule has 1 fully saturated rings. The van der Waals surface area contributed by atoms with Crippen LogP contribution in [0.3, 0.4) is 0 Å². The van der Waals surface area contributed by atoms with Gasteiger partial charge in [-0.25, -0.2) is 0 Å². The maximum Gasteiger partial charge on any atom is 0.311 e. The van der Waals surface area contributed by atoms with E-state index in [1.165, 1.54) is 30.2 Å². The van der Waals surface area contributed by atoms with Crippen molar-refractivity contribution in [1.29, 1.82) is 0 Å². The smallest absolute Gasteiger partial charge is 0.311 e. The number of carbonyl (C=O) groups is 2. The number of rotatable bonds is 12. The third-order valence-corrected chi connectivity index (χ3v) is 7.63. The van der Waals surface area contributed by atoms with E-state index in [1.54, 1.807) is 18.2 Å². The van der Waals surface area contributed by atoms with Gasteiger partial charge in [0.05, 0.1) is 12.0 Å². The molecule has 0 saturated heterocycles. The molecule has 9 nitrogen and oxygen atoms in total. The minimum absolute atomic E-state index is 0.00245. The average molecular weight is 600 g/mol. The number of halogens is 2. The van der Waals surface area contributed by atoms with Crippen LogP contribution in [-0.4, -0.2) is 47.4 Å². The molecule has 1 saturated carbocycles. The zero-order valence-corrected chi connectivity index (χ0v) is 24.1. The molecule has 11 heteroatoms. The first-order valence-corrected chi connectivity index (χ1v) is 14.0. The Morgan fingerprint density at radius 3 is 2.46 bits per heavy atom. The van der Waals surface area contributed by atoms with Crippen molar-refractivity contribution in [2.75, 3.05) is 13.7 Å². The number of nitrogens with zero attached hydrogens (tertiary/aromatic N) is 2. The highest BCUT2D eigenvalue weighted by Gasteiger charge is 2.33. The Morgan fingerprint density at radius 2 is 1.80 bits per heavy atom. The van der Waals surface area contributed by atoms with Gasteiger partial charge in [-0.15, -0.1) is 0 Å². The minimum atomic E-state index is -0.854. The zero-order valence-electron chi connectivity index (χ0n) is 22.6. The fraction of sp³-hybridized carbons (Fsp3) is 0.333. The Kier molecular flexibility index (Phi) is 10.4. The number of benzene rings is 3. The molecule has 2 amide bonds. The molecule has 0 radical (unpaired) electrons. The van der Waals surface area contributed by atoms with Crippen LogP contribution in [0.4, 0.5) is 5.69 Å². The van der Waals surface area contributed by atoms with Gasteiger partial charge < -0.3 is 19.7 Å². The van der Waals surface area contributed by atoms with Gasteiger partial charge in [0.1, 0.15) is 11.8 Å². The number of hydrogen-bond donors (Lipinski definition) is 1. The summed E-state index contributed by atoms with van der Waals surface area (Å²) in [6.45, 7) is -0.383. The van der Waals surface area contributed by atoms with Gasteiger partial charge in [0.2, 0.25) is 11.7 Å². The third-order valence-electron chi connectivity index (χ3n) is 7.04. The normalized spacial score (nSPS) is 13.8. The Balaban J connectivity index is 1.64. The number of nitro groups is 1. The molecule has 0 spiro atoms. The number of carbonyl (C=O) groups excluding carboxylic acids is 2. The molecule has 0 bridgehead atoms. The Bertz CT molecular complexity index is 1380. The zero-order chi connectivity index (χ0) is 29.4. The first-order chi connectivity index (χ1) is 19.7. The van der Waals surface area contributed by atoms with Crippen LogP contribution < -0.4 is 14.8 Å². The van der Waals surface area contributed by atoms with Gasteiger partial charge in [0.25, 0.3) is 5.91 Å². The molecule has 0 heterocycles. The van der Waals surface area contributed by atoms with Crippen LogP contribution in [0.1, 0.15) is 36.8 Å². The van der Waals surface area contributed by atoms with Gasteiger partial charge >= 0.3 is 5.69 Å². The molecule has 1 aliphatic rings. The predicted molar refractivity (Wildman–Crippen MR) is 156 cm³/mol. The second-order valence-corrected chi connectivity index (χ2v) is 10.7. The van der Waals surface area contributed by atoms with Gasteiger partial charge in [0, 0.05) is 41.2 Å². The summed E-state index contributed by atoms with van der Waals surface area (Å²) in [5.41, 5.74) is 1.28. The summed E-state index contributed by atoms with van der Waals surface area (Å²) in [5.74, 6) is -0.505. The first-order valence-electron chi connectivity index (χ1n) is 13.3. The molecule has 1 aliphatic carbocycles. The van der Waals surface area contributed by atoms with E-state index >= 15 is 0 Å². The van der Waals surface area contributed by atoms with E-state index in [4.69, 9.17) is 32.7 Å². The van der Waals surface area contributed by atoms with Crippen molar-refractivity contribution in [3.63, 3.8) is 0 Å². The fourth-order valence-electron chi connectivity index (χ4n) is 4.88. The summed E-state index contributed by atoms with van der Waals surface area (Å²) in [6.07, 6.45) is 4.16. The van der Waals surface area contributed by atoms with Crippen LogP contribution in [0.25, 0.3) is 0 Å². The molecule has 3 aromatic carbocycles. The number of nitrogens with one attached hydrogen (secondary N) is 1. The lowest BCUT2D eigenvalue weighted by molar-refractivity contribution is -0.385. The summed E-state index contributed by atoms with van der Waals surface area (Å²) < 4.78 is 10.9. The van der Waals surface area contributed by atoms with Crippen LogP contribution in [0, 0.1) is 10.1 Å². The predicted octanol–water partition coefficient (Wildman–Crippen LogP) is 5.99. The van der Waals surface area contributed by atoms with E-state index in [2.05, 4.69) is 5.32 Å². The number of amides is 2. The van der Waals surface area contributed by atoms with E-state index in [0.717, 1.165) is 31.2 Å². The average Bonchev–Trinajstić information content (AvgIpc) is 3.48. The van der Waals surface area contributed by atoms with E-state index in [-0.39, 0.29) is 42.1 Å². The maximum atomic E-state index is 13.8. The standard InChI is InChI=1S/C30H31Cl2N3O6/c1-40-28-17-24(13-14-26(28)35(38)39)41-19-29(36)34(18-21-11-12-22(31)16-25(21)32)27(15-20-7-3-2-4-8-20)30(37)33-23-9-5-6-10-23/h2-4,7-8,11-14,16-17,23,27H,5-6,9-10,15,18-19H2,1H3,(H,33,37). The van der Waals surface area contributed by atoms with Crippen LogP contribution in [0.15, 0.2) is 66.7 Å². The van der Waals surface area contributed by atoms with Crippen LogP contribution in [0.2, 0.25) is 10.0 Å². The van der Waals surface area contributed by atoms with Crippen molar-refractivity contribution < 1.29 is 24.0 Å². The topological polar surface area (TPSA) is 111 Å². The first kappa shape index (κ1) is 30.1. The molecular weight excluding hydrogens is 569 g/mol. The molecule has 1 N–H and O–H groups in total. The number of ether oxygens (including phenoxy) is 2. The van der Waals surface area contributed by atoms with E-state index < -0.39 is 23.5 Å². The van der Waals surface area contributed by atoms with Gasteiger partial charge in [-0.2, -0.15) is 0 Å². The largest absolute Gasteiger partial charge is 0.490 e. The molecule has 1 unspecified atom stereocenters. The van der Waals surface area contributed by atoms with Gasteiger partial charge in [0.15, 0.2) is 6.61 Å². The van der Waals surface area contributed by atoms with Crippen molar-refractivity contribution >= 4 is 40.7 Å². The lowest BCUT2D eigenvalue weighted by Crippen LogP contribution is -2.53. The monoisotopic (exact) mass is 599 g/mol. The number of nitro benzene ring substituents is 1. The van der Waals surface area contributed by atoms with Crippen molar-refractivity contribution in [3.05, 3.63) is 98.0 Å². The van der Waals surface area contributed by atoms with Crippen LogP contribution in [-0.2, 0) is 22.6 Å². The van der Waals surface area contributed by atoms with Crippen molar-refractivity contribution in [1.82, 2.24) is 10.2 Å². The molecule has 3 aromatic rings. The molecule has 41 heavy (non-hydrogen) atoms. The molecule has 0 aromatic heterocycles. The molecular formula is C30H31Cl2N3O6. The highest BCUT2D eigenvalue weighted by atomic mass is 35.5. The highest BCUT2D eigenvalue weighted by molar-refractivity contribution is 6.35. The van der Waals surface area contributed by atoms with Crippen LogP contribution >= 0.6 is 23.2 Å². The van der Waals surface area contributed by atoms with Crippen LogP contribution in [0.5, 0.6) is 11.5 Å². The van der Waals surface area contributed by atoms with E-state index in [9.17, 15) is 19.7 Å². The fourth-order valence-corrected chi connectivity index (χ4v) is 5.35. The van der Waals surface area contributed by atoms with E-state index in [0.29, 0.717) is 15.6 Å². The van der Waals surface area contributed by atoms with Gasteiger partial charge in [-0.1, -0.05) is 72.4 Å². The summed E-state index contributed by atoms with van der Waals surface area (Å²) in [7, 11) is 1.31. The molecule has 1 atom stereocenters. The molecule has 216 valence electrons. The number of methoxy groups -OCH3 is 1. The van der Waals surface area contributed by atoms with Gasteiger partial charge in [-0.3, -0.25) is 19.7 Å². The van der Waals surface area contributed by atoms with E-state index in [1.807, 2.05) is 30.3 Å².